The van der Waals surface area contributed by atoms with Gasteiger partial charge in [0.2, 0.25) is 5.13 Å². The predicted molar refractivity (Wildman–Crippen MR) is 105 cm³/mol. The zero-order valence-electron chi connectivity index (χ0n) is 14.4. The third kappa shape index (κ3) is 4.68. The van der Waals surface area contributed by atoms with Crippen molar-refractivity contribution in [1.82, 2.24) is 10.2 Å². The first kappa shape index (κ1) is 18.5. The Kier molecular flexibility index (Phi) is 6.00. The summed E-state index contributed by atoms with van der Waals surface area (Å²) in [5.74, 6) is -0.149. The second kappa shape index (κ2) is 8.42. The molecular weight excluding hydrogens is 369 g/mol. The van der Waals surface area contributed by atoms with Gasteiger partial charge in [0, 0.05) is 5.69 Å². The van der Waals surface area contributed by atoms with Crippen LogP contribution >= 0.6 is 23.1 Å². The van der Waals surface area contributed by atoms with Crippen molar-refractivity contribution in [2.75, 3.05) is 11.1 Å². The zero-order valence-corrected chi connectivity index (χ0v) is 16.0. The van der Waals surface area contributed by atoms with Gasteiger partial charge in [-0.05, 0) is 35.7 Å². The molecule has 0 fully saturated rings. The first-order valence-corrected chi connectivity index (χ1v) is 9.94. The van der Waals surface area contributed by atoms with Crippen LogP contribution in [0.25, 0.3) is 0 Å². The van der Waals surface area contributed by atoms with Gasteiger partial charge in [-0.1, -0.05) is 61.2 Å². The van der Waals surface area contributed by atoms with E-state index in [1.165, 1.54) is 40.8 Å². The summed E-state index contributed by atoms with van der Waals surface area (Å²) < 4.78 is 14.3. The largest absolute Gasteiger partial charge is 0.330 e. The van der Waals surface area contributed by atoms with E-state index in [2.05, 4.69) is 41.5 Å². The molecule has 0 amide bonds. The molecule has 0 atom stereocenters. The van der Waals surface area contributed by atoms with E-state index in [1.807, 2.05) is 12.1 Å². The zero-order chi connectivity index (χ0) is 18.5. The third-order valence-electron chi connectivity index (χ3n) is 3.74. The number of rotatable bonds is 7. The Hall–Kier alpha value is -2.25. The molecule has 1 heterocycles. The van der Waals surface area contributed by atoms with Crippen molar-refractivity contribution >= 4 is 39.7 Å². The summed E-state index contributed by atoms with van der Waals surface area (Å²) in [4.78, 5) is 12.1. The summed E-state index contributed by atoms with van der Waals surface area (Å²) in [6, 6.07) is 14.2. The van der Waals surface area contributed by atoms with Gasteiger partial charge in [-0.2, -0.15) is 0 Å². The average Bonchev–Trinajstić information content (AvgIpc) is 3.08. The highest BCUT2D eigenvalue weighted by Gasteiger charge is 2.13. The van der Waals surface area contributed by atoms with Gasteiger partial charge in [0.25, 0.3) is 0 Å². The van der Waals surface area contributed by atoms with E-state index in [9.17, 15) is 9.18 Å². The predicted octanol–water partition coefficient (Wildman–Crippen LogP) is 5.52. The van der Waals surface area contributed by atoms with E-state index in [0.717, 1.165) is 5.69 Å². The fraction of sp³-hybridized carbons (Fsp3) is 0.211. The number of halogens is 1. The molecule has 4 nitrogen and oxygen atoms in total. The Morgan fingerprint density at radius 3 is 2.58 bits per heavy atom. The van der Waals surface area contributed by atoms with Crippen LogP contribution < -0.4 is 5.32 Å². The number of carbonyl (C=O) groups is 1. The highest BCUT2D eigenvalue weighted by atomic mass is 32.2. The molecule has 0 bridgehead atoms. The highest BCUT2D eigenvalue weighted by molar-refractivity contribution is 8.01. The SMILES string of the molecule is CC(C)c1ccc(Nc2nnc(SCC(=O)c3ccccc3F)s2)cc1. The highest BCUT2D eigenvalue weighted by Crippen LogP contribution is 2.28. The normalized spacial score (nSPS) is 10.9. The van der Waals surface area contributed by atoms with Gasteiger partial charge >= 0.3 is 0 Å². The van der Waals surface area contributed by atoms with E-state index in [1.54, 1.807) is 12.1 Å². The summed E-state index contributed by atoms with van der Waals surface area (Å²) in [5, 5.41) is 12.0. The number of thioether (sulfide) groups is 1. The molecule has 26 heavy (non-hydrogen) atoms. The smallest absolute Gasteiger partial charge is 0.210 e. The molecule has 3 rings (SSSR count). The summed E-state index contributed by atoms with van der Waals surface area (Å²) in [6.45, 7) is 4.30. The minimum atomic E-state index is -0.498. The van der Waals surface area contributed by atoms with Crippen LogP contribution in [-0.4, -0.2) is 21.7 Å². The number of nitrogens with zero attached hydrogens (tertiary/aromatic N) is 2. The Morgan fingerprint density at radius 1 is 1.15 bits per heavy atom. The number of hydrogen-bond acceptors (Lipinski definition) is 6. The number of anilines is 2. The maximum absolute atomic E-state index is 13.6. The van der Waals surface area contributed by atoms with Crippen molar-refractivity contribution in [2.24, 2.45) is 0 Å². The number of hydrogen-bond donors (Lipinski definition) is 1. The first-order chi connectivity index (χ1) is 12.5. The summed E-state index contributed by atoms with van der Waals surface area (Å²) in [7, 11) is 0. The van der Waals surface area contributed by atoms with Gasteiger partial charge in [-0.15, -0.1) is 10.2 Å². The van der Waals surface area contributed by atoms with Gasteiger partial charge < -0.3 is 5.32 Å². The van der Waals surface area contributed by atoms with Crippen LogP contribution in [0.3, 0.4) is 0 Å². The van der Waals surface area contributed by atoms with E-state index in [4.69, 9.17) is 0 Å². The maximum Gasteiger partial charge on any atom is 0.210 e. The molecule has 0 aliphatic carbocycles. The lowest BCUT2D eigenvalue weighted by Gasteiger charge is -2.06. The Morgan fingerprint density at radius 2 is 1.88 bits per heavy atom. The average molecular weight is 388 g/mol. The standard InChI is InChI=1S/C19H18FN3OS2/c1-12(2)13-7-9-14(10-8-13)21-18-22-23-19(26-18)25-11-17(24)15-5-3-4-6-16(15)20/h3-10,12H,11H2,1-2H3,(H,21,22). The Labute approximate surface area is 159 Å². The van der Waals surface area contributed by atoms with Crippen molar-refractivity contribution in [3.05, 3.63) is 65.5 Å². The molecule has 0 unspecified atom stereocenters. The molecular formula is C19H18FN3OS2. The quantitative estimate of drug-likeness (QED) is 0.427. The molecule has 134 valence electrons. The van der Waals surface area contributed by atoms with E-state index in [-0.39, 0.29) is 17.1 Å². The van der Waals surface area contributed by atoms with Crippen molar-refractivity contribution in [1.29, 1.82) is 0 Å². The number of benzene rings is 2. The van der Waals surface area contributed by atoms with Crippen molar-refractivity contribution in [3.63, 3.8) is 0 Å². The van der Waals surface area contributed by atoms with Crippen LogP contribution in [0.2, 0.25) is 0 Å². The van der Waals surface area contributed by atoms with Gasteiger partial charge in [0.15, 0.2) is 10.1 Å². The van der Waals surface area contributed by atoms with Gasteiger partial charge in [0.05, 0.1) is 11.3 Å². The number of aromatic nitrogens is 2. The first-order valence-electron chi connectivity index (χ1n) is 8.14. The van der Waals surface area contributed by atoms with Crippen molar-refractivity contribution in [3.8, 4) is 0 Å². The van der Waals surface area contributed by atoms with Crippen molar-refractivity contribution in [2.45, 2.75) is 24.1 Å². The molecule has 0 radical (unpaired) electrons. The maximum atomic E-state index is 13.6. The number of Topliss-reactive ketones (excluding diaryl/α,β-unsaturated/α-hetero) is 1. The lowest BCUT2D eigenvalue weighted by Crippen LogP contribution is -2.04. The van der Waals surface area contributed by atoms with Crippen LogP contribution in [0.1, 0.15) is 35.7 Å². The lowest BCUT2D eigenvalue weighted by atomic mass is 10.0. The Balaban J connectivity index is 1.58. The molecule has 1 aromatic heterocycles. The second-order valence-electron chi connectivity index (χ2n) is 5.97. The van der Waals surface area contributed by atoms with Crippen molar-refractivity contribution < 1.29 is 9.18 Å². The summed E-state index contributed by atoms with van der Waals surface area (Å²) in [5.41, 5.74) is 2.31. The Bertz CT molecular complexity index is 894. The third-order valence-corrected chi connectivity index (χ3v) is 5.71. The fourth-order valence-corrected chi connectivity index (χ4v) is 3.94. The molecule has 0 saturated heterocycles. The molecule has 0 spiro atoms. The van der Waals surface area contributed by atoms with Gasteiger partial charge in [-0.3, -0.25) is 4.79 Å². The van der Waals surface area contributed by atoms with Crippen LogP contribution in [0.4, 0.5) is 15.2 Å². The molecule has 7 heteroatoms. The molecule has 0 saturated carbocycles. The van der Waals surface area contributed by atoms with Gasteiger partial charge in [0.1, 0.15) is 5.82 Å². The number of ketones is 1. The molecule has 0 aliphatic rings. The molecule has 0 aliphatic heterocycles. The molecule has 3 aromatic rings. The second-order valence-corrected chi connectivity index (χ2v) is 8.17. The van der Waals surface area contributed by atoms with Crippen LogP contribution in [0, 0.1) is 5.82 Å². The number of carbonyl (C=O) groups excluding carboxylic acids is 1. The lowest BCUT2D eigenvalue weighted by molar-refractivity contribution is 0.101. The fourth-order valence-electron chi connectivity index (χ4n) is 2.29. The van der Waals surface area contributed by atoms with E-state index >= 15 is 0 Å². The molecule has 1 N–H and O–H groups in total. The van der Waals surface area contributed by atoms with E-state index in [0.29, 0.717) is 15.4 Å². The monoisotopic (exact) mass is 387 g/mol. The molecule has 2 aromatic carbocycles. The summed E-state index contributed by atoms with van der Waals surface area (Å²) in [6.07, 6.45) is 0. The number of nitrogens with one attached hydrogen (secondary N) is 1. The minimum Gasteiger partial charge on any atom is -0.330 e. The summed E-state index contributed by atoms with van der Waals surface area (Å²) >= 11 is 2.62. The topological polar surface area (TPSA) is 54.9 Å². The van der Waals surface area contributed by atoms with Crippen LogP contribution in [0.5, 0.6) is 0 Å². The van der Waals surface area contributed by atoms with Crippen LogP contribution in [0.15, 0.2) is 52.9 Å². The van der Waals surface area contributed by atoms with E-state index < -0.39 is 5.82 Å². The van der Waals surface area contributed by atoms with Gasteiger partial charge in [-0.25, -0.2) is 4.39 Å². The van der Waals surface area contributed by atoms with Crippen LogP contribution in [-0.2, 0) is 0 Å². The minimum absolute atomic E-state index is 0.105.